The van der Waals surface area contributed by atoms with Crippen molar-refractivity contribution in [3.63, 3.8) is 0 Å². The summed E-state index contributed by atoms with van der Waals surface area (Å²) in [5, 5.41) is 0. The Morgan fingerprint density at radius 2 is 1.48 bits per heavy atom. The van der Waals surface area contributed by atoms with Crippen LogP contribution < -0.4 is 14.7 Å². The maximum atomic E-state index is 2.72. The molecule has 0 amide bonds. The number of fused-ring (bicyclic) bond motifs is 4. The molecule has 0 unspecified atom stereocenters. The largest absolute Gasteiger partial charge is 0.349 e. The van der Waals surface area contributed by atoms with Gasteiger partial charge >= 0.3 is 0 Å². The molecule has 1 saturated carbocycles. The Labute approximate surface area is 188 Å². The minimum absolute atomic E-state index is 0.197. The van der Waals surface area contributed by atoms with Crippen molar-refractivity contribution in [1.29, 1.82) is 0 Å². The number of anilines is 5. The molecule has 0 radical (unpaired) electrons. The molecule has 3 heteroatoms. The van der Waals surface area contributed by atoms with Crippen LogP contribution in [0.25, 0.3) is 0 Å². The van der Waals surface area contributed by atoms with E-state index in [1.54, 1.807) is 11.1 Å². The number of benzene rings is 2. The molecule has 2 aromatic carbocycles. The molecule has 31 heavy (non-hydrogen) atoms. The number of nitrogens with zero attached hydrogens (tertiary/aromatic N) is 3. The van der Waals surface area contributed by atoms with E-state index in [0.717, 1.165) is 6.67 Å². The third-order valence-electron chi connectivity index (χ3n) is 8.81. The van der Waals surface area contributed by atoms with Gasteiger partial charge in [-0.3, -0.25) is 0 Å². The monoisotopic (exact) mass is 415 g/mol. The van der Waals surface area contributed by atoms with Gasteiger partial charge in [0.1, 0.15) is 0 Å². The second-order valence-corrected chi connectivity index (χ2v) is 11.7. The fourth-order valence-corrected chi connectivity index (χ4v) is 6.89. The molecule has 3 nitrogen and oxygen atoms in total. The van der Waals surface area contributed by atoms with Gasteiger partial charge in [-0.05, 0) is 65.8 Å². The van der Waals surface area contributed by atoms with Gasteiger partial charge in [-0.15, -0.1) is 0 Å². The first-order valence-electron chi connectivity index (χ1n) is 12.4. The molecule has 0 bridgehead atoms. The average Bonchev–Trinajstić information content (AvgIpc) is 3.16. The molecule has 0 atom stereocenters. The SMILES string of the molecule is CN1c2cccc3c2N(CN3C2CCCCC2)c2ccc3c(c21)C(C)(C)CCC3(C)C. The Morgan fingerprint density at radius 1 is 0.774 bits per heavy atom. The highest BCUT2D eigenvalue weighted by atomic mass is 15.4. The molecule has 0 N–H and O–H groups in total. The fraction of sp³-hybridized carbons (Fsp3) is 0.571. The zero-order chi connectivity index (χ0) is 21.5. The van der Waals surface area contributed by atoms with Crippen LogP contribution in [-0.2, 0) is 10.8 Å². The van der Waals surface area contributed by atoms with E-state index >= 15 is 0 Å². The number of hydrogen-bond acceptors (Lipinski definition) is 3. The van der Waals surface area contributed by atoms with E-state index in [-0.39, 0.29) is 10.8 Å². The molecular formula is C28H37N3. The van der Waals surface area contributed by atoms with E-state index < -0.39 is 0 Å². The third-order valence-corrected chi connectivity index (χ3v) is 8.81. The quantitative estimate of drug-likeness (QED) is 0.481. The van der Waals surface area contributed by atoms with E-state index in [4.69, 9.17) is 0 Å². The van der Waals surface area contributed by atoms with Crippen molar-refractivity contribution in [3.8, 4) is 0 Å². The van der Waals surface area contributed by atoms with E-state index in [1.165, 1.54) is 73.4 Å². The van der Waals surface area contributed by atoms with Gasteiger partial charge in [0.2, 0.25) is 0 Å². The Bertz CT molecular complexity index is 1040. The van der Waals surface area contributed by atoms with Gasteiger partial charge in [-0.2, -0.15) is 0 Å². The summed E-state index contributed by atoms with van der Waals surface area (Å²) in [5.74, 6) is 0. The maximum absolute atomic E-state index is 2.72. The predicted octanol–water partition coefficient (Wildman–Crippen LogP) is 7.37. The molecule has 164 valence electrons. The molecule has 2 heterocycles. The molecule has 4 aliphatic rings. The molecule has 2 aliphatic carbocycles. The Balaban J connectivity index is 1.55. The molecule has 0 aromatic heterocycles. The third kappa shape index (κ3) is 2.64. The standard InChI is InChI=1S/C28H37N3/c1-27(2)16-17-28(3,4)24-20(27)14-15-23-26(24)29(5)21-12-9-13-22-25(21)31(23)18-30(22)19-10-7-6-8-11-19/h9,12-15,19H,6-8,10-11,16-18H2,1-5H3. The topological polar surface area (TPSA) is 9.72 Å². The molecule has 1 fully saturated rings. The van der Waals surface area contributed by atoms with Crippen molar-refractivity contribution < 1.29 is 0 Å². The summed E-state index contributed by atoms with van der Waals surface area (Å²) in [4.78, 5) is 7.86. The van der Waals surface area contributed by atoms with Crippen LogP contribution in [0.1, 0.15) is 83.8 Å². The highest BCUT2D eigenvalue weighted by Gasteiger charge is 2.45. The van der Waals surface area contributed by atoms with Crippen LogP contribution in [0.15, 0.2) is 30.3 Å². The molecule has 2 aromatic rings. The van der Waals surface area contributed by atoms with Gasteiger partial charge < -0.3 is 14.7 Å². The van der Waals surface area contributed by atoms with Crippen LogP contribution in [-0.4, -0.2) is 19.8 Å². The summed E-state index contributed by atoms with van der Waals surface area (Å²) in [6, 6.07) is 12.5. The minimum Gasteiger partial charge on any atom is -0.349 e. The van der Waals surface area contributed by atoms with Crippen LogP contribution >= 0.6 is 0 Å². The minimum atomic E-state index is 0.197. The first-order valence-corrected chi connectivity index (χ1v) is 12.4. The van der Waals surface area contributed by atoms with Crippen molar-refractivity contribution in [2.24, 2.45) is 0 Å². The van der Waals surface area contributed by atoms with Gasteiger partial charge in [0.25, 0.3) is 0 Å². The number of rotatable bonds is 1. The lowest BCUT2D eigenvalue weighted by Gasteiger charge is -2.47. The highest BCUT2D eigenvalue weighted by Crippen LogP contribution is 2.60. The van der Waals surface area contributed by atoms with Gasteiger partial charge in [-0.25, -0.2) is 0 Å². The van der Waals surface area contributed by atoms with E-state index in [1.807, 2.05) is 0 Å². The van der Waals surface area contributed by atoms with Crippen LogP contribution in [0.5, 0.6) is 0 Å². The second kappa shape index (κ2) is 6.43. The maximum Gasteiger partial charge on any atom is 0.0957 e. The molecular weight excluding hydrogens is 378 g/mol. The number of hydrogen-bond donors (Lipinski definition) is 0. The van der Waals surface area contributed by atoms with Gasteiger partial charge in [0, 0.05) is 13.1 Å². The fourth-order valence-electron chi connectivity index (χ4n) is 6.89. The first kappa shape index (κ1) is 19.5. The molecule has 2 aliphatic heterocycles. The van der Waals surface area contributed by atoms with Crippen molar-refractivity contribution >= 4 is 28.4 Å². The Kier molecular flexibility index (Phi) is 4.05. The lowest BCUT2D eigenvalue weighted by atomic mass is 9.62. The van der Waals surface area contributed by atoms with Crippen LogP contribution in [0.2, 0.25) is 0 Å². The lowest BCUT2D eigenvalue weighted by Crippen LogP contribution is -2.40. The van der Waals surface area contributed by atoms with Crippen LogP contribution in [0.3, 0.4) is 0 Å². The highest BCUT2D eigenvalue weighted by molar-refractivity contribution is 6.02. The van der Waals surface area contributed by atoms with E-state index in [2.05, 4.69) is 79.8 Å². The predicted molar refractivity (Wildman–Crippen MR) is 133 cm³/mol. The average molecular weight is 416 g/mol. The smallest absolute Gasteiger partial charge is 0.0957 e. The van der Waals surface area contributed by atoms with Crippen molar-refractivity contribution in [2.75, 3.05) is 28.4 Å². The van der Waals surface area contributed by atoms with Crippen molar-refractivity contribution in [3.05, 3.63) is 41.5 Å². The van der Waals surface area contributed by atoms with Gasteiger partial charge in [0.05, 0.1) is 35.1 Å². The van der Waals surface area contributed by atoms with Crippen LogP contribution in [0, 0.1) is 0 Å². The summed E-state index contributed by atoms with van der Waals surface area (Å²) >= 11 is 0. The van der Waals surface area contributed by atoms with Gasteiger partial charge in [-0.1, -0.05) is 59.1 Å². The Hall–Kier alpha value is -2.16. The molecule has 0 spiro atoms. The van der Waals surface area contributed by atoms with E-state index in [9.17, 15) is 0 Å². The number of para-hydroxylation sites is 1. The molecule has 6 rings (SSSR count). The zero-order valence-electron chi connectivity index (χ0n) is 20.0. The van der Waals surface area contributed by atoms with Crippen molar-refractivity contribution in [1.82, 2.24) is 0 Å². The zero-order valence-corrected chi connectivity index (χ0v) is 20.0. The van der Waals surface area contributed by atoms with E-state index in [0.29, 0.717) is 6.04 Å². The second-order valence-electron chi connectivity index (χ2n) is 11.7. The lowest BCUT2D eigenvalue weighted by molar-refractivity contribution is 0.332. The molecule has 0 saturated heterocycles. The summed E-state index contributed by atoms with van der Waals surface area (Å²) in [7, 11) is 2.30. The van der Waals surface area contributed by atoms with Gasteiger partial charge in [0.15, 0.2) is 0 Å². The Morgan fingerprint density at radius 3 is 2.26 bits per heavy atom. The first-order chi connectivity index (χ1) is 14.8. The summed E-state index contributed by atoms with van der Waals surface area (Å²) in [6.45, 7) is 10.8. The summed E-state index contributed by atoms with van der Waals surface area (Å²) in [6.07, 6.45) is 9.35. The van der Waals surface area contributed by atoms with Crippen molar-refractivity contribution in [2.45, 2.75) is 89.5 Å². The normalized spacial score (nSPS) is 23.5. The summed E-state index contributed by atoms with van der Waals surface area (Å²) in [5.41, 5.74) is 10.7. The van der Waals surface area contributed by atoms with Crippen LogP contribution in [0.4, 0.5) is 28.4 Å². The summed E-state index contributed by atoms with van der Waals surface area (Å²) < 4.78 is 0.